The van der Waals surface area contributed by atoms with Crippen molar-refractivity contribution in [3.05, 3.63) is 65.7 Å². The summed E-state index contributed by atoms with van der Waals surface area (Å²) in [5.74, 6) is 0.216. The third-order valence-electron chi connectivity index (χ3n) is 3.80. The Morgan fingerprint density at radius 1 is 1.04 bits per heavy atom. The van der Waals surface area contributed by atoms with Crippen molar-refractivity contribution in [1.29, 1.82) is 0 Å². The van der Waals surface area contributed by atoms with Gasteiger partial charge < -0.3 is 14.6 Å². The first-order chi connectivity index (χ1) is 12.1. The quantitative estimate of drug-likeness (QED) is 0.540. The predicted molar refractivity (Wildman–Crippen MR) is 96.4 cm³/mol. The van der Waals surface area contributed by atoms with E-state index in [4.69, 9.17) is 4.74 Å². The molecule has 0 bridgehead atoms. The normalized spacial score (nSPS) is 13.1. The van der Waals surface area contributed by atoms with Crippen LogP contribution in [0.1, 0.15) is 18.1 Å². The molecule has 0 aliphatic heterocycles. The van der Waals surface area contributed by atoms with E-state index >= 15 is 0 Å². The zero-order chi connectivity index (χ0) is 18.1. The highest BCUT2D eigenvalue weighted by molar-refractivity contribution is 5.70. The fourth-order valence-corrected chi connectivity index (χ4v) is 2.56. The zero-order valence-corrected chi connectivity index (χ0v) is 14.6. The molecule has 0 aliphatic rings. The van der Waals surface area contributed by atoms with Crippen LogP contribution in [-0.2, 0) is 22.4 Å². The summed E-state index contributed by atoms with van der Waals surface area (Å²) in [6, 6.07) is 17.6. The number of aliphatic hydroxyl groups is 1. The van der Waals surface area contributed by atoms with Crippen molar-refractivity contribution in [2.45, 2.75) is 32.0 Å². The molecule has 25 heavy (non-hydrogen) atoms. The van der Waals surface area contributed by atoms with Gasteiger partial charge in [-0.25, -0.2) is 4.79 Å². The number of aliphatic hydroxyl groups excluding tert-OH is 1. The number of rotatable bonds is 9. The molecule has 0 aliphatic carbocycles. The van der Waals surface area contributed by atoms with E-state index in [1.54, 1.807) is 0 Å². The Morgan fingerprint density at radius 3 is 2.32 bits per heavy atom. The second kappa shape index (κ2) is 9.81. The molecule has 5 heteroatoms. The SMILES string of the molecule is COC(=O)COc1ccc(C[C@@H](C)N[C@H](O)Cc2ccccc2)cc1. The molecule has 134 valence electrons. The van der Waals surface area contributed by atoms with Crippen molar-refractivity contribution in [1.82, 2.24) is 5.32 Å². The van der Waals surface area contributed by atoms with E-state index in [1.807, 2.05) is 61.5 Å². The summed E-state index contributed by atoms with van der Waals surface area (Å²) in [5.41, 5.74) is 2.22. The summed E-state index contributed by atoms with van der Waals surface area (Å²) >= 11 is 0. The number of methoxy groups -OCH3 is 1. The van der Waals surface area contributed by atoms with Crippen LogP contribution in [0.4, 0.5) is 0 Å². The van der Waals surface area contributed by atoms with Gasteiger partial charge in [-0.2, -0.15) is 0 Å². The molecule has 2 atom stereocenters. The summed E-state index contributed by atoms with van der Waals surface area (Å²) in [4.78, 5) is 11.1. The van der Waals surface area contributed by atoms with Crippen molar-refractivity contribution in [3.63, 3.8) is 0 Å². The minimum Gasteiger partial charge on any atom is -0.482 e. The minimum absolute atomic E-state index is 0.0977. The summed E-state index contributed by atoms with van der Waals surface area (Å²) in [6.07, 6.45) is 0.772. The smallest absolute Gasteiger partial charge is 0.343 e. The topological polar surface area (TPSA) is 67.8 Å². The lowest BCUT2D eigenvalue weighted by Crippen LogP contribution is -2.39. The van der Waals surface area contributed by atoms with E-state index in [1.165, 1.54) is 7.11 Å². The maximum atomic E-state index is 11.1. The van der Waals surface area contributed by atoms with E-state index in [9.17, 15) is 9.90 Å². The Hall–Kier alpha value is -2.37. The fourth-order valence-electron chi connectivity index (χ4n) is 2.56. The van der Waals surface area contributed by atoms with Crippen LogP contribution in [0, 0.1) is 0 Å². The van der Waals surface area contributed by atoms with Crippen molar-refractivity contribution >= 4 is 5.97 Å². The van der Waals surface area contributed by atoms with Crippen molar-refractivity contribution in [3.8, 4) is 5.75 Å². The van der Waals surface area contributed by atoms with Crippen LogP contribution in [0.25, 0.3) is 0 Å². The van der Waals surface area contributed by atoms with Gasteiger partial charge in [0.15, 0.2) is 6.61 Å². The van der Waals surface area contributed by atoms with Gasteiger partial charge >= 0.3 is 5.97 Å². The lowest BCUT2D eigenvalue weighted by atomic mass is 10.1. The molecule has 2 N–H and O–H groups in total. The Bertz CT molecular complexity index is 643. The van der Waals surface area contributed by atoms with Crippen LogP contribution in [0.2, 0.25) is 0 Å². The molecule has 0 spiro atoms. The number of hydrogen-bond acceptors (Lipinski definition) is 5. The molecule has 2 aromatic rings. The number of carbonyl (C=O) groups excluding carboxylic acids is 1. The number of carbonyl (C=O) groups is 1. The lowest BCUT2D eigenvalue weighted by Gasteiger charge is -2.19. The molecular formula is C20H25NO4. The molecule has 2 aromatic carbocycles. The van der Waals surface area contributed by atoms with E-state index in [0.717, 1.165) is 17.5 Å². The number of ether oxygens (including phenoxy) is 2. The Labute approximate surface area is 148 Å². The lowest BCUT2D eigenvalue weighted by molar-refractivity contribution is -0.142. The first-order valence-electron chi connectivity index (χ1n) is 8.33. The van der Waals surface area contributed by atoms with Crippen LogP contribution < -0.4 is 10.1 Å². The van der Waals surface area contributed by atoms with Crippen LogP contribution in [0.5, 0.6) is 5.75 Å². The maximum Gasteiger partial charge on any atom is 0.343 e. The van der Waals surface area contributed by atoms with Gasteiger partial charge in [0, 0.05) is 12.5 Å². The second-order valence-electron chi connectivity index (χ2n) is 5.99. The van der Waals surface area contributed by atoms with Crippen molar-refractivity contribution in [2.24, 2.45) is 0 Å². The molecule has 0 amide bonds. The minimum atomic E-state index is -0.583. The molecule has 0 radical (unpaired) electrons. The highest BCUT2D eigenvalue weighted by Crippen LogP contribution is 2.14. The van der Waals surface area contributed by atoms with Gasteiger partial charge in [0.25, 0.3) is 0 Å². The number of nitrogens with one attached hydrogen (secondary N) is 1. The van der Waals surface area contributed by atoms with Gasteiger partial charge in [0.05, 0.1) is 7.11 Å². The van der Waals surface area contributed by atoms with E-state index < -0.39 is 12.2 Å². The zero-order valence-electron chi connectivity index (χ0n) is 14.6. The largest absolute Gasteiger partial charge is 0.482 e. The van der Waals surface area contributed by atoms with Crippen LogP contribution in [-0.4, -0.2) is 37.1 Å². The summed E-state index contributed by atoms with van der Waals surface area (Å²) in [7, 11) is 1.33. The fraction of sp³-hybridized carbons (Fsp3) is 0.350. The predicted octanol–water partition coefficient (Wildman–Crippen LogP) is 2.32. The van der Waals surface area contributed by atoms with Crippen molar-refractivity contribution < 1.29 is 19.4 Å². The maximum absolute atomic E-state index is 11.1. The second-order valence-corrected chi connectivity index (χ2v) is 5.99. The molecule has 0 heterocycles. The number of hydrogen-bond donors (Lipinski definition) is 2. The highest BCUT2D eigenvalue weighted by atomic mass is 16.6. The van der Waals surface area contributed by atoms with E-state index in [-0.39, 0.29) is 12.6 Å². The van der Waals surface area contributed by atoms with Gasteiger partial charge in [-0.05, 0) is 36.6 Å². The molecular weight excluding hydrogens is 318 g/mol. The van der Waals surface area contributed by atoms with Gasteiger partial charge in [0.2, 0.25) is 0 Å². The summed E-state index contributed by atoms with van der Waals surface area (Å²) < 4.78 is 9.85. The monoisotopic (exact) mass is 343 g/mol. The van der Waals surface area contributed by atoms with Gasteiger partial charge in [-0.15, -0.1) is 0 Å². The summed E-state index contributed by atoms with van der Waals surface area (Å²) in [6.45, 7) is 1.94. The first-order valence-corrected chi connectivity index (χ1v) is 8.33. The first kappa shape index (κ1) is 19.0. The molecule has 5 nitrogen and oxygen atoms in total. The molecule has 0 unspecified atom stereocenters. The molecule has 0 aromatic heterocycles. The number of esters is 1. The number of benzene rings is 2. The molecule has 0 saturated heterocycles. The molecule has 2 rings (SSSR count). The van der Waals surface area contributed by atoms with Gasteiger partial charge in [-0.3, -0.25) is 5.32 Å². The summed E-state index contributed by atoms with van der Waals surface area (Å²) in [5, 5.41) is 13.4. The van der Waals surface area contributed by atoms with Crippen molar-refractivity contribution in [2.75, 3.05) is 13.7 Å². The van der Waals surface area contributed by atoms with Crippen LogP contribution >= 0.6 is 0 Å². The van der Waals surface area contributed by atoms with Gasteiger partial charge in [-0.1, -0.05) is 42.5 Å². The van der Waals surface area contributed by atoms with E-state index in [2.05, 4.69) is 10.1 Å². The Morgan fingerprint density at radius 2 is 1.68 bits per heavy atom. The van der Waals surface area contributed by atoms with E-state index in [0.29, 0.717) is 12.2 Å². The highest BCUT2D eigenvalue weighted by Gasteiger charge is 2.10. The molecule has 0 saturated carbocycles. The third kappa shape index (κ3) is 6.95. The van der Waals surface area contributed by atoms with Crippen LogP contribution in [0.15, 0.2) is 54.6 Å². The molecule has 0 fully saturated rings. The van der Waals surface area contributed by atoms with Crippen LogP contribution in [0.3, 0.4) is 0 Å². The average molecular weight is 343 g/mol. The standard InChI is InChI=1S/C20H25NO4/c1-15(21-19(22)13-16-6-4-3-5-7-16)12-17-8-10-18(11-9-17)25-14-20(23)24-2/h3-11,15,19,21-22H,12-14H2,1-2H3/t15-,19-/m1/s1. The van der Waals surface area contributed by atoms with Gasteiger partial charge in [0.1, 0.15) is 12.0 Å². The average Bonchev–Trinajstić information content (AvgIpc) is 2.61. The third-order valence-corrected chi connectivity index (χ3v) is 3.80. The Kier molecular flexibility index (Phi) is 7.44. The Balaban J connectivity index is 1.77.